The molecular weight excluding hydrogens is 286 g/mol. The first-order valence-electron chi connectivity index (χ1n) is 8.00. The van der Waals surface area contributed by atoms with Gasteiger partial charge >= 0.3 is 5.97 Å². The molecule has 7 heteroatoms. The summed E-state index contributed by atoms with van der Waals surface area (Å²) >= 11 is 0. The minimum Gasteiger partial charge on any atom is -0.480 e. The van der Waals surface area contributed by atoms with Crippen molar-refractivity contribution in [2.45, 2.75) is 63.3 Å². The second-order valence-corrected chi connectivity index (χ2v) is 6.11. The van der Waals surface area contributed by atoms with E-state index < -0.39 is 12.0 Å². The molecule has 0 radical (unpaired) electrons. The molecule has 1 saturated heterocycles. The fourth-order valence-electron chi connectivity index (χ4n) is 3.40. The quantitative estimate of drug-likeness (QED) is 0.890. The Balaban J connectivity index is 1.53. The maximum atomic E-state index is 12.2. The Labute approximate surface area is 128 Å². The van der Waals surface area contributed by atoms with Crippen molar-refractivity contribution in [3.8, 4) is 0 Å². The van der Waals surface area contributed by atoms with E-state index in [1.54, 1.807) is 0 Å². The highest BCUT2D eigenvalue weighted by Gasteiger charge is 2.33. The monoisotopic (exact) mass is 307 g/mol. The Hall–Kier alpha value is -1.92. The van der Waals surface area contributed by atoms with Crippen LogP contribution in [-0.4, -0.2) is 44.6 Å². The van der Waals surface area contributed by atoms with Crippen molar-refractivity contribution in [2.24, 2.45) is 0 Å². The van der Waals surface area contributed by atoms with Crippen LogP contribution in [0.1, 0.15) is 62.6 Å². The fourth-order valence-corrected chi connectivity index (χ4v) is 3.40. The van der Waals surface area contributed by atoms with E-state index in [4.69, 9.17) is 9.63 Å². The molecule has 2 heterocycles. The van der Waals surface area contributed by atoms with Gasteiger partial charge in [0.05, 0.1) is 0 Å². The molecule has 22 heavy (non-hydrogen) atoms. The number of hydrogen-bond donors (Lipinski definition) is 1. The molecule has 7 nitrogen and oxygen atoms in total. The zero-order chi connectivity index (χ0) is 15.5. The van der Waals surface area contributed by atoms with Crippen molar-refractivity contribution in [1.29, 1.82) is 0 Å². The highest BCUT2D eigenvalue weighted by molar-refractivity contribution is 5.84. The molecule has 1 saturated carbocycles. The van der Waals surface area contributed by atoms with Gasteiger partial charge in [0.15, 0.2) is 5.82 Å². The van der Waals surface area contributed by atoms with Gasteiger partial charge in [-0.1, -0.05) is 18.0 Å². The number of hydrogen-bond acceptors (Lipinski definition) is 5. The highest BCUT2D eigenvalue weighted by Crippen LogP contribution is 2.32. The lowest BCUT2D eigenvalue weighted by molar-refractivity contribution is -0.148. The van der Waals surface area contributed by atoms with E-state index in [1.165, 1.54) is 17.7 Å². The molecule has 0 spiro atoms. The lowest BCUT2D eigenvalue weighted by Crippen LogP contribution is -2.40. The molecule has 2 fully saturated rings. The summed E-state index contributed by atoms with van der Waals surface area (Å²) in [5, 5.41) is 13.1. The number of likely N-dealkylation sites (tertiary alicyclic amines) is 1. The minimum absolute atomic E-state index is 0.148. The second-order valence-electron chi connectivity index (χ2n) is 6.11. The number of nitrogens with zero attached hydrogens (tertiary/aromatic N) is 3. The molecule has 1 atom stereocenters. The second kappa shape index (κ2) is 6.46. The SMILES string of the molecule is O=C(O)[C@H]1CCCN1C(=O)CCc1nc(C2CCCC2)no1. The van der Waals surface area contributed by atoms with Gasteiger partial charge in [-0.05, 0) is 25.7 Å². The van der Waals surface area contributed by atoms with Crippen molar-refractivity contribution >= 4 is 11.9 Å². The maximum absolute atomic E-state index is 12.2. The smallest absolute Gasteiger partial charge is 0.326 e. The largest absolute Gasteiger partial charge is 0.480 e. The van der Waals surface area contributed by atoms with E-state index in [-0.39, 0.29) is 12.3 Å². The molecule has 1 aromatic heterocycles. The lowest BCUT2D eigenvalue weighted by atomic mass is 10.1. The number of amides is 1. The molecule has 3 rings (SSSR count). The van der Waals surface area contributed by atoms with Crippen molar-refractivity contribution in [2.75, 3.05) is 6.54 Å². The number of aromatic nitrogens is 2. The first-order valence-corrected chi connectivity index (χ1v) is 8.00. The molecule has 120 valence electrons. The molecular formula is C15H21N3O4. The number of carboxylic acid groups (broad SMARTS) is 1. The summed E-state index contributed by atoms with van der Waals surface area (Å²) in [6, 6.07) is -0.677. The van der Waals surface area contributed by atoms with Crippen LogP contribution in [-0.2, 0) is 16.0 Å². The Kier molecular flexibility index (Phi) is 4.40. The van der Waals surface area contributed by atoms with Crippen molar-refractivity contribution in [3.63, 3.8) is 0 Å². The van der Waals surface area contributed by atoms with Gasteiger partial charge in [0.25, 0.3) is 0 Å². The number of aliphatic carboxylic acids is 1. The van der Waals surface area contributed by atoms with Crippen LogP contribution in [0.5, 0.6) is 0 Å². The van der Waals surface area contributed by atoms with Crippen LogP contribution in [0.2, 0.25) is 0 Å². The molecule has 2 aliphatic rings. The van der Waals surface area contributed by atoms with E-state index >= 15 is 0 Å². The predicted octanol–water partition coefficient (Wildman–Crippen LogP) is 1.74. The lowest BCUT2D eigenvalue weighted by Gasteiger charge is -2.20. The first-order chi connectivity index (χ1) is 10.6. The summed E-state index contributed by atoms with van der Waals surface area (Å²) in [4.78, 5) is 29.1. The van der Waals surface area contributed by atoms with Gasteiger partial charge in [-0.25, -0.2) is 4.79 Å². The van der Waals surface area contributed by atoms with Crippen molar-refractivity contribution in [1.82, 2.24) is 15.0 Å². The molecule has 1 aliphatic heterocycles. The molecule has 1 N–H and O–H groups in total. The minimum atomic E-state index is -0.924. The summed E-state index contributed by atoms with van der Waals surface area (Å²) in [6.45, 7) is 0.521. The Bertz CT molecular complexity index is 551. The van der Waals surface area contributed by atoms with Crippen LogP contribution in [0.4, 0.5) is 0 Å². The Morgan fingerprint density at radius 1 is 1.23 bits per heavy atom. The van der Waals surface area contributed by atoms with Gasteiger partial charge in [0.1, 0.15) is 6.04 Å². The average Bonchev–Trinajstić information content (AvgIpc) is 3.23. The molecule has 0 bridgehead atoms. The van der Waals surface area contributed by atoms with Gasteiger partial charge in [0.2, 0.25) is 11.8 Å². The van der Waals surface area contributed by atoms with Crippen LogP contribution in [0, 0.1) is 0 Å². The zero-order valence-electron chi connectivity index (χ0n) is 12.5. The van der Waals surface area contributed by atoms with Gasteiger partial charge in [-0.2, -0.15) is 4.98 Å². The van der Waals surface area contributed by atoms with E-state index in [2.05, 4.69) is 10.1 Å². The summed E-state index contributed by atoms with van der Waals surface area (Å²) in [6.07, 6.45) is 6.50. The van der Waals surface area contributed by atoms with Crippen LogP contribution < -0.4 is 0 Å². The standard InChI is InChI=1S/C15H21N3O4/c19-13(18-9-3-6-11(18)15(20)21)8-7-12-16-14(17-22-12)10-4-1-2-5-10/h10-11H,1-9H2,(H,20,21)/t11-/m1/s1. The number of carbonyl (C=O) groups is 2. The topological polar surface area (TPSA) is 96.5 Å². The third kappa shape index (κ3) is 3.13. The average molecular weight is 307 g/mol. The maximum Gasteiger partial charge on any atom is 0.326 e. The summed E-state index contributed by atoms with van der Waals surface area (Å²) in [5.41, 5.74) is 0. The Morgan fingerprint density at radius 3 is 2.73 bits per heavy atom. The summed E-state index contributed by atoms with van der Waals surface area (Å²) < 4.78 is 5.22. The third-order valence-electron chi connectivity index (χ3n) is 4.62. The van der Waals surface area contributed by atoms with Gasteiger partial charge < -0.3 is 14.5 Å². The number of carbonyl (C=O) groups excluding carboxylic acids is 1. The highest BCUT2D eigenvalue weighted by atomic mass is 16.5. The van der Waals surface area contributed by atoms with E-state index in [1.807, 2.05) is 0 Å². The normalized spacial score (nSPS) is 22.4. The molecule has 0 unspecified atom stereocenters. The van der Waals surface area contributed by atoms with Crippen LogP contribution in [0.3, 0.4) is 0 Å². The van der Waals surface area contributed by atoms with E-state index in [0.29, 0.717) is 31.2 Å². The zero-order valence-corrected chi connectivity index (χ0v) is 12.5. The molecule has 1 aromatic rings. The van der Waals surface area contributed by atoms with Crippen molar-refractivity contribution < 1.29 is 19.2 Å². The van der Waals surface area contributed by atoms with Crippen LogP contribution in [0.15, 0.2) is 4.52 Å². The van der Waals surface area contributed by atoms with Crippen molar-refractivity contribution in [3.05, 3.63) is 11.7 Å². The first kappa shape index (κ1) is 15.0. The number of carboxylic acids is 1. The molecule has 1 aliphatic carbocycles. The number of aryl methyl sites for hydroxylation is 1. The Morgan fingerprint density at radius 2 is 2.00 bits per heavy atom. The van der Waals surface area contributed by atoms with Crippen LogP contribution >= 0.6 is 0 Å². The summed E-state index contributed by atoms with van der Waals surface area (Å²) in [5.74, 6) is 0.548. The van der Waals surface area contributed by atoms with Gasteiger partial charge in [-0.3, -0.25) is 4.79 Å². The molecule has 0 aromatic carbocycles. The third-order valence-corrected chi connectivity index (χ3v) is 4.62. The van der Waals surface area contributed by atoms with E-state index in [0.717, 1.165) is 25.1 Å². The predicted molar refractivity (Wildman–Crippen MR) is 76.2 cm³/mol. The number of rotatable bonds is 5. The fraction of sp³-hybridized carbons (Fsp3) is 0.733. The van der Waals surface area contributed by atoms with Crippen LogP contribution in [0.25, 0.3) is 0 Å². The van der Waals surface area contributed by atoms with Gasteiger partial charge in [0, 0.05) is 25.3 Å². The van der Waals surface area contributed by atoms with E-state index in [9.17, 15) is 9.59 Å². The summed E-state index contributed by atoms with van der Waals surface area (Å²) in [7, 11) is 0. The molecule has 1 amide bonds. The van der Waals surface area contributed by atoms with Gasteiger partial charge in [-0.15, -0.1) is 0 Å².